The first-order chi connectivity index (χ1) is 9.58. The van der Waals surface area contributed by atoms with Crippen LogP contribution in [0.5, 0.6) is 0 Å². The van der Waals surface area contributed by atoms with Crippen molar-refractivity contribution in [2.45, 2.75) is 39.8 Å². The summed E-state index contributed by atoms with van der Waals surface area (Å²) in [5.41, 5.74) is 5.30. The maximum atomic E-state index is 6.20. The monoisotopic (exact) mass is 287 g/mol. The van der Waals surface area contributed by atoms with Crippen molar-refractivity contribution < 1.29 is 0 Å². The fraction of sp³-hybridized carbons (Fsp3) is 0.333. The van der Waals surface area contributed by atoms with Crippen molar-refractivity contribution in [3.63, 3.8) is 0 Å². The van der Waals surface area contributed by atoms with Crippen molar-refractivity contribution in [2.75, 3.05) is 0 Å². The molecule has 2 aromatic carbocycles. The van der Waals surface area contributed by atoms with Gasteiger partial charge in [-0.2, -0.15) is 0 Å². The molecular weight excluding hydrogens is 266 g/mol. The van der Waals surface area contributed by atoms with Gasteiger partial charge in [0.1, 0.15) is 0 Å². The minimum absolute atomic E-state index is 0.398. The quantitative estimate of drug-likeness (QED) is 0.842. The van der Waals surface area contributed by atoms with E-state index in [4.69, 9.17) is 11.6 Å². The maximum Gasteiger partial charge on any atom is 0.0438 e. The Bertz CT molecular complexity index is 577. The van der Waals surface area contributed by atoms with Gasteiger partial charge in [-0.25, -0.2) is 0 Å². The Kier molecular flexibility index (Phi) is 5.22. The van der Waals surface area contributed by atoms with Gasteiger partial charge in [-0.3, -0.25) is 0 Å². The zero-order valence-corrected chi connectivity index (χ0v) is 13.2. The van der Waals surface area contributed by atoms with E-state index in [1.165, 1.54) is 22.3 Å². The fourth-order valence-electron chi connectivity index (χ4n) is 2.35. The third-order valence-electron chi connectivity index (χ3n) is 3.84. The summed E-state index contributed by atoms with van der Waals surface area (Å²) in [7, 11) is 0. The Balaban J connectivity index is 1.94. The minimum atomic E-state index is 0.398. The highest BCUT2D eigenvalue weighted by Gasteiger charge is 2.07. The molecule has 106 valence electrons. The van der Waals surface area contributed by atoms with Crippen LogP contribution in [0.4, 0.5) is 0 Å². The van der Waals surface area contributed by atoms with Crippen molar-refractivity contribution >= 4 is 11.6 Å². The molecule has 2 heteroatoms. The van der Waals surface area contributed by atoms with E-state index in [2.05, 4.69) is 50.4 Å². The Hall–Kier alpha value is -1.31. The van der Waals surface area contributed by atoms with Gasteiger partial charge in [-0.15, -0.1) is 0 Å². The molecule has 0 fully saturated rings. The van der Waals surface area contributed by atoms with E-state index < -0.39 is 0 Å². The fourth-order valence-corrected chi connectivity index (χ4v) is 2.57. The summed E-state index contributed by atoms with van der Waals surface area (Å²) in [5, 5.41) is 4.44. The third-order valence-corrected chi connectivity index (χ3v) is 4.21. The molecule has 0 aliphatic carbocycles. The van der Waals surface area contributed by atoms with E-state index in [-0.39, 0.29) is 0 Å². The second-order valence-electron chi connectivity index (χ2n) is 5.44. The molecule has 0 saturated heterocycles. The lowest BCUT2D eigenvalue weighted by Gasteiger charge is -2.16. The van der Waals surface area contributed by atoms with Gasteiger partial charge in [0.15, 0.2) is 0 Å². The smallest absolute Gasteiger partial charge is 0.0438 e. The average Bonchev–Trinajstić information content (AvgIpc) is 2.43. The van der Waals surface area contributed by atoms with E-state index >= 15 is 0 Å². The maximum absolute atomic E-state index is 6.20. The number of hydrogen-bond acceptors (Lipinski definition) is 1. The summed E-state index contributed by atoms with van der Waals surface area (Å²) in [4.78, 5) is 0. The Morgan fingerprint density at radius 3 is 2.45 bits per heavy atom. The Labute approximate surface area is 127 Å². The zero-order valence-electron chi connectivity index (χ0n) is 12.4. The topological polar surface area (TPSA) is 12.0 Å². The van der Waals surface area contributed by atoms with Crippen LogP contribution < -0.4 is 5.32 Å². The van der Waals surface area contributed by atoms with Crippen LogP contribution in [0.2, 0.25) is 5.02 Å². The van der Waals surface area contributed by atoms with Crippen LogP contribution in [0.1, 0.15) is 29.2 Å². The number of rotatable bonds is 5. The normalized spacial score (nSPS) is 12.4. The van der Waals surface area contributed by atoms with E-state index in [9.17, 15) is 0 Å². The molecule has 0 aliphatic heterocycles. The highest BCUT2D eigenvalue weighted by atomic mass is 35.5. The van der Waals surface area contributed by atoms with E-state index in [0.717, 1.165) is 18.0 Å². The van der Waals surface area contributed by atoms with Gasteiger partial charge in [0.25, 0.3) is 0 Å². The predicted octanol–water partition coefficient (Wildman–Crippen LogP) is 4.68. The number of benzene rings is 2. The van der Waals surface area contributed by atoms with Crippen molar-refractivity contribution in [3.8, 4) is 0 Å². The van der Waals surface area contributed by atoms with Crippen molar-refractivity contribution in [1.29, 1.82) is 0 Å². The molecule has 0 bridgehead atoms. The highest BCUT2D eigenvalue weighted by Crippen LogP contribution is 2.17. The van der Waals surface area contributed by atoms with Crippen molar-refractivity contribution in [3.05, 3.63) is 69.7 Å². The molecule has 0 aliphatic rings. The second kappa shape index (κ2) is 6.92. The van der Waals surface area contributed by atoms with Crippen LogP contribution in [-0.2, 0) is 13.0 Å². The molecule has 1 nitrogen and oxygen atoms in total. The molecule has 20 heavy (non-hydrogen) atoms. The van der Waals surface area contributed by atoms with Gasteiger partial charge in [0.05, 0.1) is 0 Å². The molecule has 0 radical (unpaired) electrons. The first-order valence-corrected chi connectivity index (χ1v) is 7.47. The van der Waals surface area contributed by atoms with Crippen LogP contribution in [0.25, 0.3) is 0 Å². The van der Waals surface area contributed by atoms with E-state index in [0.29, 0.717) is 6.04 Å². The predicted molar refractivity (Wildman–Crippen MR) is 87.4 cm³/mol. The number of halogens is 1. The highest BCUT2D eigenvalue weighted by molar-refractivity contribution is 6.31. The van der Waals surface area contributed by atoms with Crippen molar-refractivity contribution in [2.24, 2.45) is 0 Å². The first kappa shape index (κ1) is 15.1. The van der Waals surface area contributed by atoms with Gasteiger partial charge in [-0.05, 0) is 55.5 Å². The van der Waals surface area contributed by atoms with Gasteiger partial charge < -0.3 is 5.32 Å². The summed E-state index contributed by atoms with van der Waals surface area (Å²) >= 11 is 6.20. The van der Waals surface area contributed by atoms with Crippen molar-refractivity contribution in [1.82, 2.24) is 5.32 Å². The molecule has 0 saturated carbocycles. The third kappa shape index (κ3) is 3.84. The summed E-state index contributed by atoms with van der Waals surface area (Å²) in [6, 6.07) is 14.9. The molecular formula is C18H22ClN. The Morgan fingerprint density at radius 1 is 1.00 bits per heavy atom. The minimum Gasteiger partial charge on any atom is -0.310 e. The largest absolute Gasteiger partial charge is 0.310 e. The molecule has 2 aromatic rings. The molecule has 1 N–H and O–H groups in total. The summed E-state index contributed by atoms with van der Waals surface area (Å²) in [6.07, 6.45) is 0.949. The summed E-state index contributed by atoms with van der Waals surface area (Å²) < 4.78 is 0. The standard InChI is InChI=1S/C18H22ClN/c1-13-7-6-9-17(15(13)3)12-20-14(2)11-16-8-4-5-10-18(16)19/h4-10,14,20H,11-12H2,1-3H3. The molecule has 0 spiro atoms. The van der Waals surface area contributed by atoms with E-state index in [1.807, 2.05) is 18.2 Å². The van der Waals surface area contributed by atoms with Crippen LogP contribution in [-0.4, -0.2) is 6.04 Å². The van der Waals surface area contributed by atoms with Crippen LogP contribution in [0, 0.1) is 13.8 Å². The molecule has 1 atom stereocenters. The van der Waals surface area contributed by atoms with Crippen LogP contribution in [0.3, 0.4) is 0 Å². The summed E-state index contributed by atoms with van der Waals surface area (Å²) in [5.74, 6) is 0. The second-order valence-corrected chi connectivity index (χ2v) is 5.84. The van der Waals surface area contributed by atoms with Gasteiger partial charge in [0, 0.05) is 17.6 Å². The van der Waals surface area contributed by atoms with Gasteiger partial charge in [0.2, 0.25) is 0 Å². The SMILES string of the molecule is Cc1cccc(CNC(C)Cc2ccccc2Cl)c1C. The van der Waals surface area contributed by atoms with E-state index in [1.54, 1.807) is 0 Å². The van der Waals surface area contributed by atoms with Gasteiger partial charge in [-0.1, -0.05) is 48.0 Å². The number of aryl methyl sites for hydroxylation is 1. The van der Waals surface area contributed by atoms with Crippen LogP contribution in [0.15, 0.2) is 42.5 Å². The number of nitrogens with one attached hydrogen (secondary N) is 1. The van der Waals surface area contributed by atoms with Crippen LogP contribution >= 0.6 is 11.6 Å². The van der Waals surface area contributed by atoms with Gasteiger partial charge >= 0.3 is 0 Å². The lowest BCUT2D eigenvalue weighted by atomic mass is 10.0. The zero-order chi connectivity index (χ0) is 14.5. The average molecular weight is 288 g/mol. The lowest BCUT2D eigenvalue weighted by Crippen LogP contribution is -2.28. The molecule has 1 unspecified atom stereocenters. The Morgan fingerprint density at radius 2 is 1.70 bits per heavy atom. The molecule has 2 rings (SSSR count). The number of hydrogen-bond donors (Lipinski definition) is 1. The summed E-state index contributed by atoms with van der Waals surface area (Å²) in [6.45, 7) is 7.45. The lowest BCUT2D eigenvalue weighted by molar-refractivity contribution is 0.544. The first-order valence-electron chi connectivity index (χ1n) is 7.10. The molecule has 0 heterocycles. The molecule has 0 aromatic heterocycles. The molecule has 0 amide bonds.